The molecule has 2 N–H and O–H groups in total. The highest BCUT2D eigenvalue weighted by Gasteiger charge is 2.19. The first kappa shape index (κ1) is 17.5. The lowest BCUT2D eigenvalue weighted by Gasteiger charge is -2.11. The number of para-hydroxylation sites is 1. The van der Waals surface area contributed by atoms with E-state index < -0.39 is 0 Å². The second kappa shape index (κ2) is 7.02. The average molecular weight is 364 g/mol. The highest BCUT2D eigenvalue weighted by atomic mass is 16.2. The van der Waals surface area contributed by atoms with E-state index in [9.17, 15) is 9.59 Å². The molecule has 6 heteroatoms. The van der Waals surface area contributed by atoms with Crippen LogP contribution in [0.25, 0.3) is 10.9 Å². The molecule has 0 atom stereocenters. The molecule has 0 unspecified atom stereocenters. The Hall–Kier alpha value is -2.89. The maximum absolute atomic E-state index is 12.8. The normalized spacial score (nSPS) is 13.6. The van der Waals surface area contributed by atoms with E-state index in [-0.39, 0.29) is 11.6 Å². The molecule has 0 spiro atoms. The number of hydrogen-bond acceptors (Lipinski definition) is 3. The Labute approximate surface area is 157 Å². The van der Waals surface area contributed by atoms with Crippen LogP contribution in [-0.4, -0.2) is 27.0 Å². The van der Waals surface area contributed by atoms with Crippen LogP contribution in [0.2, 0.25) is 0 Å². The summed E-state index contributed by atoms with van der Waals surface area (Å²) in [5.74, 6) is -0.120. The van der Waals surface area contributed by atoms with Crippen molar-refractivity contribution in [1.82, 2.24) is 19.9 Å². The fraction of sp³-hybridized carbons (Fsp3) is 0.381. The summed E-state index contributed by atoms with van der Waals surface area (Å²) in [7, 11) is 0. The Balaban J connectivity index is 1.52. The predicted molar refractivity (Wildman–Crippen MR) is 105 cm³/mol. The lowest BCUT2D eigenvalue weighted by molar-refractivity contribution is 0.0953. The lowest BCUT2D eigenvalue weighted by Crippen LogP contribution is -2.33. The number of hydrogen-bond donors (Lipinski definition) is 2. The van der Waals surface area contributed by atoms with Crippen molar-refractivity contribution in [2.24, 2.45) is 0 Å². The number of nitrogens with one attached hydrogen (secondary N) is 2. The van der Waals surface area contributed by atoms with Gasteiger partial charge in [-0.15, -0.1) is 0 Å². The van der Waals surface area contributed by atoms with E-state index in [2.05, 4.69) is 21.4 Å². The SMILES string of the molecule is Cc1cc(C)n(CCNC(=O)c2cccc3c4c([nH]c23)CCCC4)c(=O)n1. The van der Waals surface area contributed by atoms with Crippen LogP contribution in [-0.2, 0) is 19.4 Å². The first-order valence-corrected chi connectivity index (χ1v) is 9.50. The van der Waals surface area contributed by atoms with Crippen molar-refractivity contribution in [2.75, 3.05) is 6.54 Å². The molecule has 3 aromatic rings. The van der Waals surface area contributed by atoms with Crippen LogP contribution in [0.15, 0.2) is 29.1 Å². The van der Waals surface area contributed by atoms with Crippen LogP contribution in [0, 0.1) is 13.8 Å². The van der Waals surface area contributed by atoms with Gasteiger partial charge in [0.2, 0.25) is 0 Å². The van der Waals surface area contributed by atoms with E-state index in [1.165, 1.54) is 24.1 Å². The predicted octanol–water partition coefficient (Wildman–Crippen LogP) is 2.65. The van der Waals surface area contributed by atoms with Crippen molar-refractivity contribution in [3.8, 4) is 0 Å². The molecule has 4 rings (SSSR count). The third-order valence-corrected chi connectivity index (χ3v) is 5.35. The minimum absolute atomic E-state index is 0.120. The zero-order valence-electron chi connectivity index (χ0n) is 15.8. The van der Waals surface area contributed by atoms with Gasteiger partial charge in [-0.05, 0) is 57.2 Å². The van der Waals surface area contributed by atoms with Gasteiger partial charge in [0, 0.05) is 35.6 Å². The number of nitrogens with zero attached hydrogens (tertiary/aromatic N) is 2. The van der Waals surface area contributed by atoms with Crippen LogP contribution in [0.3, 0.4) is 0 Å². The number of rotatable bonds is 4. The van der Waals surface area contributed by atoms with E-state index in [1.54, 1.807) is 11.5 Å². The van der Waals surface area contributed by atoms with Crippen molar-refractivity contribution in [2.45, 2.75) is 46.1 Å². The second-order valence-electron chi connectivity index (χ2n) is 7.25. The number of aromatic amines is 1. The Morgan fingerprint density at radius 1 is 1.26 bits per heavy atom. The molecule has 0 saturated heterocycles. The van der Waals surface area contributed by atoms with Crippen LogP contribution in [0.5, 0.6) is 0 Å². The van der Waals surface area contributed by atoms with Crippen molar-refractivity contribution < 1.29 is 4.79 Å². The van der Waals surface area contributed by atoms with E-state index in [0.717, 1.165) is 29.4 Å². The maximum Gasteiger partial charge on any atom is 0.348 e. The van der Waals surface area contributed by atoms with Gasteiger partial charge in [-0.1, -0.05) is 12.1 Å². The number of aromatic nitrogens is 3. The highest BCUT2D eigenvalue weighted by Crippen LogP contribution is 2.30. The third kappa shape index (κ3) is 3.27. The van der Waals surface area contributed by atoms with Crippen LogP contribution in [0.4, 0.5) is 0 Å². The molecule has 0 saturated carbocycles. The molecule has 1 aliphatic rings. The van der Waals surface area contributed by atoms with Crippen molar-refractivity contribution in [1.29, 1.82) is 0 Å². The molecular formula is C21H24N4O2. The Morgan fingerprint density at radius 2 is 2.07 bits per heavy atom. The standard InChI is InChI=1S/C21H24N4O2/c1-13-12-14(2)25(21(27)23-13)11-10-22-20(26)17-8-5-7-16-15-6-3-4-9-18(15)24-19(16)17/h5,7-8,12,24H,3-4,6,9-11H2,1-2H3,(H,22,26). The first-order chi connectivity index (χ1) is 13.0. The number of amides is 1. The van der Waals surface area contributed by atoms with Crippen LogP contribution >= 0.6 is 0 Å². The fourth-order valence-corrected chi connectivity index (χ4v) is 4.04. The molecule has 6 nitrogen and oxygen atoms in total. The van der Waals surface area contributed by atoms with E-state index in [1.807, 2.05) is 25.1 Å². The molecule has 0 radical (unpaired) electrons. The van der Waals surface area contributed by atoms with Gasteiger partial charge in [-0.2, -0.15) is 4.98 Å². The number of aryl methyl sites for hydroxylation is 4. The molecule has 140 valence electrons. The lowest BCUT2D eigenvalue weighted by atomic mass is 9.95. The third-order valence-electron chi connectivity index (χ3n) is 5.35. The molecular weight excluding hydrogens is 340 g/mol. The minimum Gasteiger partial charge on any atom is -0.358 e. The monoisotopic (exact) mass is 364 g/mol. The Kier molecular flexibility index (Phi) is 4.56. The molecule has 1 aromatic carbocycles. The summed E-state index contributed by atoms with van der Waals surface area (Å²) in [4.78, 5) is 32.2. The summed E-state index contributed by atoms with van der Waals surface area (Å²) in [5.41, 5.74) is 5.49. The summed E-state index contributed by atoms with van der Waals surface area (Å²) in [6.07, 6.45) is 4.52. The van der Waals surface area contributed by atoms with Gasteiger partial charge < -0.3 is 10.3 Å². The van der Waals surface area contributed by atoms with E-state index in [4.69, 9.17) is 0 Å². The second-order valence-corrected chi connectivity index (χ2v) is 7.25. The number of carbonyl (C=O) groups excluding carboxylic acids is 1. The number of benzene rings is 1. The van der Waals surface area contributed by atoms with Crippen molar-refractivity contribution >= 4 is 16.8 Å². The molecule has 0 aliphatic heterocycles. The Bertz CT molecular complexity index is 1080. The smallest absolute Gasteiger partial charge is 0.348 e. The molecule has 0 bridgehead atoms. The van der Waals surface area contributed by atoms with Gasteiger partial charge in [-0.3, -0.25) is 9.36 Å². The largest absolute Gasteiger partial charge is 0.358 e. The van der Waals surface area contributed by atoms with Gasteiger partial charge in [0.25, 0.3) is 5.91 Å². The molecule has 1 aliphatic carbocycles. The first-order valence-electron chi connectivity index (χ1n) is 9.50. The van der Waals surface area contributed by atoms with Crippen molar-refractivity contribution in [3.63, 3.8) is 0 Å². The van der Waals surface area contributed by atoms with Gasteiger partial charge in [-0.25, -0.2) is 4.79 Å². The van der Waals surface area contributed by atoms with Gasteiger partial charge >= 0.3 is 5.69 Å². The zero-order valence-corrected chi connectivity index (χ0v) is 15.8. The highest BCUT2D eigenvalue weighted by molar-refractivity contribution is 6.06. The van der Waals surface area contributed by atoms with Gasteiger partial charge in [0.05, 0.1) is 11.1 Å². The Morgan fingerprint density at radius 3 is 2.89 bits per heavy atom. The molecule has 27 heavy (non-hydrogen) atoms. The molecule has 2 heterocycles. The zero-order chi connectivity index (χ0) is 19.0. The van der Waals surface area contributed by atoms with Crippen LogP contribution < -0.4 is 11.0 Å². The molecule has 0 fully saturated rings. The summed E-state index contributed by atoms with van der Waals surface area (Å²) < 4.78 is 1.58. The molecule has 2 aromatic heterocycles. The summed E-state index contributed by atoms with van der Waals surface area (Å²) in [6, 6.07) is 7.75. The van der Waals surface area contributed by atoms with E-state index in [0.29, 0.717) is 24.3 Å². The van der Waals surface area contributed by atoms with Gasteiger partial charge in [0.1, 0.15) is 0 Å². The quantitative estimate of drug-likeness (QED) is 0.747. The van der Waals surface area contributed by atoms with Gasteiger partial charge in [0.15, 0.2) is 0 Å². The number of fused-ring (bicyclic) bond motifs is 3. The van der Waals surface area contributed by atoms with Crippen molar-refractivity contribution in [3.05, 3.63) is 63.0 Å². The van der Waals surface area contributed by atoms with Crippen LogP contribution in [0.1, 0.15) is 45.8 Å². The average Bonchev–Trinajstić information content (AvgIpc) is 3.02. The summed E-state index contributed by atoms with van der Waals surface area (Å²) >= 11 is 0. The molecule has 1 amide bonds. The number of H-pyrrole nitrogens is 1. The topological polar surface area (TPSA) is 79.8 Å². The maximum atomic E-state index is 12.8. The van der Waals surface area contributed by atoms with E-state index >= 15 is 0 Å². The summed E-state index contributed by atoms with van der Waals surface area (Å²) in [6.45, 7) is 4.46. The summed E-state index contributed by atoms with van der Waals surface area (Å²) in [5, 5.41) is 4.10. The fourth-order valence-electron chi connectivity index (χ4n) is 4.04. The minimum atomic E-state index is -0.277. The number of carbonyl (C=O) groups is 1.